The fourth-order valence-corrected chi connectivity index (χ4v) is 1.89. The molecule has 1 aromatic heterocycles. The number of nitrogens with one attached hydrogen (secondary N) is 2. The molecule has 0 aromatic carbocycles. The number of piperidine rings is 1. The van der Waals surface area contributed by atoms with Gasteiger partial charge in [-0.3, -0.25) is 9.59 Å². The third-order valence-corrected chi connectivity index (χ3v) is 2.85. The van der Waals surface area contributed by atoms with Gasteiger partial charge in [-0.2, -0.15) is 0 Å². The first kappa shape index (κ1) is 11.6. The maximum atomic E-state index is 11.8. The van der Waals surface area contributed by atoms with Crippen molar-refractivity contribution in [1.82, 2.24) is 20.2 Å². The van der Waals surface area contributed by atoms with E-state index in [9.17, 15) is 9.59 Å². The van der Waals surface area contributed by atoms with Gasteiger partial charge in [0.15, 0.2) is 0 Å². The predicted octanol–water partition coefficient (Wildman–Crippen LogP) is 0.152. The Balaban J connectivity index is 1.77. The van der Waals surface area contributed by atoms with Crippen molar-refractivity contribution < 1.29 is 9.59 Å². The standard InChI is InChI=1S/C11H16N4O2/c16-10(15-4-2-1-3-5-15)7-13-11(17)9-6-12-8-14-9/h6,8H,1-5,7H2,(H,12,14)(H,13,17). The predicted molar refractivity (Wildman–Crippen MR) is 61.4 cm³/mol. The number of hydrogen-bond acceptors (Lipinski definition) is 3. The van der Waals surface area contributed by atoms with Crippen LogP contribution in [0.1, 0.15) is 29.8 Å². The van der Waals surface area contributed by atoms with Crippen molar-refractivity contribution in [2.75, 3.05) is 19.6 Å². The number of H-pyrrole nitrogens is 1. The molecule has 1 aliphatic heterocycles. The molecule has 0 saturated carbocycles. The summed E-state index contributed by atoms with van der Waals surface area (Å²) in [6, 6.07) is 0. The van der Waals surface area contributed by atoms with E-state index in [0.29, 0.717) is 5.69 Å². The minimum absolute atomic E-state index is 0.0161. The number of rotatable bonds is 3. The van der Waals surface area contributed by atoms with Gasteiger partial charge in [-0.1, -0.05) is 0 Å². The first-order valence-corrected chi connectivity index (χ1v) is 5.82. The number of likely N-dealkylation sites (tertiary alicyclic amines) is 1. The van der Waals surface area contributed by atoms with Crippen molar-refractivity contribution in [3.8, 4) is 0 Å². The Bertz CT molecular complexity index is 382. The monoisotopic (exact) mass is 236 g/mol. The first-order chi connectivity index (χ1) is 8.27. The van der Waals surface area contributed by atoms with Crippen LogP contribution in [0.3, 0.4) is 0 Å². The van der Waals surface area contributed by atoms with Crippen molar-refractivity contribution in [3.63, 3.8) is 0 Å². The van der Waals surface area contributed by atoms with E-state index < -0.39 is 0 Å². The van der Waals surface area contributed by atoms with Crippen LogP contribution in [0.5, 0.6) is 0 Å². The number of carbonyl (C=O) groups is 2. The third kappa shape index (κ3) is 3.05. The van der Waals surface area contributed by atoms with Crippen LogP contribution in [0, 0.1) is 0 Å². The van der Waals surface area contributed by atoms with Gasteiger partial charge < -0.3 is 15.2 Å². The van der Waals surface area contributed by atoms with Gasteiger partial charge in [0.2, 0.25) is 5.91 Å². The summed E-state index contributed by atoms with van der Waals surface area (Å²) in [5, 5.41) is 2.58. The summed E-state index contributed by atoms with van der Waals surface area (Å²) in [4.78, 5) is 31.5. The third-order valence-electron chi connectivity index (χ3n) is 2.85. The Hall–Kier alpha value is -1.85. The van der Waals surface area contributed by atoms with Crippen LogP contribution in [0.15, 0.2) is 12.5 Å². The molecule has 92 valence electrons. The fourth-order valence-electron chi connectivity index (χ4n) is 1.89. The summed E-state index contributed by atoms with van der Waals surface area (Å²) >= 11 is 0. The zero-order chi connectivity index (χ0) is 12.1. The lowest BCUT2D eigenvalue weighted by atomic mass is 10.1. The summed E-state index contributed by atoms with van der Waals surface area (Å²) in [6.45, 7) is 1.66. The largest absolute Gasteiger partial charge is 0.342 e. The Labute approximate surface area is 99.4 Å². The second kappa shape index (κ2) is 5.47. The van der Waals surface area contributed by atoms with Gasteiger partial charge in [-0.05, 0) is 19.3 Å². The van der Waals surface area contributed by atoms with Crippen molar-refractivity contribution >= 4 is 11.8 Å². The molecule has 1 saturated heterocycles. The first-order valence-electron chi connectivity index (χ1n) is 5.82. The molecule has 0 bridgehead atoms. The highest BCUT2D eigenvalue weighted by Gasteiger charge is 2.17. The zero-order valence-corrected chi connectivity index (χ0v) is 9.61. The second-order valence-corrected chi connectivity index (χ2v) is 4.09. The van der Waals surface area contributed by atoms with Gasteiger partial charge in [0.05, 0.1) is 19.1 Å². The molecule has 6 heteroatoms. The number of aromatic nitrogens is 2. The van der Waals surface area contributed by atoms with Crippen molar-refractivity contribution in [2.45, 2.75) is 19.3 Å². The summed E-state index contributed by atoms with van der Waals surface area (Å²) < 4.78 is 0. The Morgan fingerprint density at radius 3 is 2.76 bits per heavy atom. The molecule has 6 nitrogen and oxygen atoms in total. The van der Waals surface area contributed by atoms with Gasteiger partial charge in [0, 0.05) is 13.1 Å². The molecular weight excluding hydrogens is 220 g/mol. The number of amides is 2. The van der Waals surface area contributed by atoms with Gasteiger partial charge in [-0.15, -0.1) is 0 Å². The number of imidazole rings is 1. The average Bonchev–Trinajstić information content (AvgIpc) is 2.90. The van der Waals surface area contributed by atoms with Crippen LogP contribution in [0.4, 0.5) is 0 Å². The molecule has 1 fully saturated rings. The molecule has 2 rings (SSSR count). The number of carbonyl (C=O) groups excluding carboxylic acids is 2. The molecule has 2 heterocycles. The van der Waals surface area contributed by atoms with Gasteiger partial charge in [0.1, 0.15) is 5.69 Å². The highest BCUT2D eigenvalue weighted by atomic mass is 16.2. The highest BCUT2D eigenvalue weighted by Crippen LogP contribution is 2.08. The topological polar surface area (TPSA) is 78.1 Å². The molecule has 0 aliphatic carbocycles. The van der Waals surface area contributed by atoms with Crippen LogP contribution < -0.4 is 5.32 Å². The van der Waals surface area contributed by atoms with Crippen LogP contribution in [-0.2, 0) is 4.79 Å². The summed E-state index contributed by atoms with van der Waals surface area (Å²) in [7, 11) is 0. The zero-order valence-electron chi connectivity index (χ0n) is 9.61. The SMILES string of the molecule is O=C(NCC(=O)N1CCCCC1)c1cnc[nH]1. The molecule has 0 atom stereocenters. The molecular formula is C11H16N4O2. The van der Waals surface area contributed by atoms with Crippen molar-refractivity contribution in [3.05, 3.63) is 18.2 Å². The summed E-state index contributed by atoms with van der Waals surface area (Å²) in [5.74, 6) is -0.314. The van der Waals surface area contributed by atoms with E-state index in [1.165, 1.54) is 18.9 Å². The normalized spacial score (nSPS) is 15.6. The number of aromatic amines is 1. The number of nitrogens with zero attached hydrogens (tertiary/aromatic N) is 2. The average molecular weight is 236 g/mol. The van der Waals surface area contributed by atoms with E-state index >= 15 is 0 Å². The molecule has 1 aliphatic rings. The molecule has 1 aromatic rings. The molecule has 0 unspecified atom stereocenters. The van der Waals surface area contributed by atoms with Crippen LogP contribution in [0.25, 0.3) is 0 Å². The molecule has 2 N–H and O–H groups in total. The summed E-state index contributed by atoms with van der Waals surface area (Å²) in [6.07, 6.45) is 6.16. The van der Waals surface area contributed by atoms with Gasteiger partial charge in [0.25, 0.3) is 5.91 Å². The minimum Gasteiger partial charge on any atom is -0.342 e. The lowest BCUT2D eigenvalue weighted by Gasteiger charge is -2.26. The Kier molecular flexibility index (Phi) is 3.74. The maximum absolute atomic E-state index is 11.8. The lowest BCUT2D eigenvalue weighted by Crippen LogP contribution is -2.42. The molecule has 17 heavy (non-hydrogen) atoms. The number of hydrogen-bond donors (Lipinski definition) is 2. The van der Waals surface area contributed by atoms with Gasteiger partial charge in [-0.25, -0.2) is 4.98 Å². The van der Waals surface area contributed by atoms with Crippen LogP contribution in [-0.4, -0.2) is 46.3 Å². The Morgan fingerprint density at radius 1 is 1.35 bits per heavy atom. The molecule has 0 radical (unpaired) electrons. The quantitative estimate of drug-likeness (QED) is 0.784. The van der Waals surface area contributed by atoms with E-state index in [4.69, 9.17) is 0 Å². The van der Waals surface area contributed by atoms with E-state index in [1.54, 1.807) is 4.90 Å². The Morgan fingerprint density at radius 2 is 2.12 bits per heavy atom. The van der Waals surface area contributed by atoms with Crippen molar-refractivity contribution in [1.29, 1.82) is 0 Å². The van der Waals surface area contributed by atoms with E-state index in [1.807, 2.05) is 0 Å². The minimum atomic E-state index is -0.298. The molecule has 0 spiro atoms. The highest BCUT2D eigenvalue weighted by molar-refractivity contribution is 5.94. The smallest absolute Gasteiger partial charge is 0.269 e. The van der Waals surface area contributed by atoms with E-state index in [0.717, 1.165) is 25.9 Å². The van der Waals surface area contributed by atoms with E-state index in [2.05, 4.69) is 15.3 Å². The molecule has 2 amide bonds. The van der Waals surface area contributed by atoms with Crippen LogP contribution >= 0.6 is 0 Å². The maximum Gasteiger partial charge on any atom is 0.269 e. The fraction of sp³-hybridized carbons (Fsp3) is 0.545. The van der Waals surface area contributed by atoms with Crippen LogP contribution in [0.2, 0.25) is 0 Å². The van der Waals surface area contributed by atoms with Gasteiger partial charge >= 0.3 is 0 Å². The second-order valence-electron chi connectivity index (χ2n) is 4.09. The lowest BCUT2D eigenvalue weighted by molar-refractivity contribution is -0.130. The summed E-state index contributed by atoms with van der Waals surface area (Å²) in [5.41, 5.74) is 0.372. The van der Waals surface area contributed by atoms with E-state index in [-0.39, 0.29) is 18.4 Å². The van der Waals surface area contributed by atoms with Crippen molar-refractivity contribution in [2.24, 2.45) is 0 Å².